The Bertz CT molecular complexity index is 608. The summed E-state index contributed by atoms with van der Waals surface area (Å²) in [5.41, 5.74) is 1.10. The molecule has 0 saturated carbocycles. The smallest absolute Gasteiger partial charge is 0.401 e. The standard InChI is InChI=1S/C17H25F3N4O2/c1-3-21-16(23-8-9-24(2)11-17(18,19)20)22-7-6-13-4-5-14-15(10-13)26-12-25-14/h4-5,10H,3,6-9,11-12H2,1-2H3,(H2,21,22,23). The highest BCUT2D eigenvalue weighted by molar-refractivity contribution is 5.79. The van der Waals surface area contributed by atoms with Crippen LogP contribution < -0.4 is 20.1 Å². The number of aliphatic imine (C=N–C) groups is 1. The molecule has 0 aromatic heterocycles. The van der Waals surface area contributed by atoms with Gasteiger partial charge in [0, 0.05) is 19.6 Å². The first-order chi connectivity index (χ1) is 12.4. The van der Waals surface area contributed by atoms with E-state index in [1.807, 2.05) is 25.1 Å². The monoisotopic (exact) mass is 374 g/mol. The number of alkyl halides is 3. The molecular formula is C17H25F3N4O2. The van der Waals surface area contributed by atoms with Gasteiger partial charge in [0.05, 0.1) is 13.1 Å². The third-order valence-corrected chi connectivity index (χ3v) is 3.69. The van der Waals surface area contributed by atoms with Crippen molar-refractivity contribution in [1.29, 1.82) is 0 Å². The van der Waals surface area contributed by atoms with Gasteiger partial charge in [-0.15, -0.1) is 0 Å². The van der Waals surface area contributed by atoms with E-state index in [2.05, 4.69) is 15.6 Å². The van der Waals surface area contributed by atoms with Crippen LogP contribution in [0.4, 0.5) is 13.2 Å². The van der Waals surface area contributed by atoms with Gasteiger partial charge in [0.2, 0.25) is 6.79 Å². The van der Waals surface area contributed by atoms with Gasteiger partial charge in [-0.2, -0.15) is 13.2 Å². The fraction of sp³-hybridized carbons (Fsp3) is 0.588. The van der Waals surface area contributed by atoms with E-state index in [-0.39, 0.29) is 19.9 Å². The molecule has 146 valence electrons. The van der Waals surface area contributed by atoms with Crippen molar-refractivity contribution >= 4 is 5.96 Å². The Morgan fingerprint density at radius 3 is 2.73 bits per heavy atom. The van der Waals surface area contributed by atoms with Gasteiger partial charge in [-0.1, -0.05) is 6.07 Å². The third-order valence-electron chi connectivity index (χ3n) is 3.69. The van der Waals surface area contributed by atoms with Gasteiger partial charge in [-0.05, 0) is 38.1 Å². The van der Waals surface area contributed by atoms with E-state index >= 15 is 0 Å². The zero-order valence-electron chi connectivity index (χ0n) is 15.0. The van der Waals surface area contributed by atoms with Gasteiger partial charge in [0.1, 0.15) is 0 Å². The SMILES string of the molecule is CCNC(=NCCN(C)CC(F)(F)F)NCCc1ccc2c(c1)OCO2. The van der Waals surface area contributed by atoms with Gasteiger partial charge < -0.3 is 20.1 Å². The van der Waals surface area contributed by atoms with Crippen molar-refractivity contribution in [2.24, 2.45) is 4.99 Å². The number of guanidine groups is 1. The van der Waals surface area contributed by atoms with Crippen LogP contribution in [0.15, 0.2) is 23.2 Å². The highest BCUT2D eigenvalue weighted by atomic mass is 19.4. The molecule has 0 bridgehead atoms. The van der Waals surface area contributed by atoms with E-state index < -0.39 is 12.7 Å². The molecule has 0 radical (unpaired) electrons. The summed E-state index contributed by atoms with van der Waals surface area (Å²) < 4.78 is 47.5. The molecule has 0 unspecified atom stereocenters. The van der Waals surface area contributed by atoms with E-state index in [0.29, 0.717) is 19.0 Å². The lowest BCUT2D eigenvalue weighted by atomic mass is 10.1. The fourth-order valence-electron chi connectivity index (χ4n) is 2.48. The lowest BCUT2D eigenvalue weighted by Crippen LogP contribution is -2.39. The largest absolute Gasteiger partial charge is 0.454 e. The first-order valence-corrected chi connectivity index (χ1v) is 8.53. The van der Waals surface area contributed by atoms with Crippen LogP contribution in [0.1, 0.15) is 12.5 Å². The summed E-state index contributed by atoms with van der Waals surface area (Å²) in [4.78, 5) is 5.52. The summed E-state index contributed by atoms with van der Waals surface area (Å²) in [6, 6.07) is 5.80. The van der Waals surface area contributed by atoms with Crippen LogP contribution in [0.5, 0.6) is 11.5 Å². The van der Waals surface area contributed by atoms with E-state index in [4.69, 9.17) is 9.47 Å². The van der Waals surface area contributed by atoms with Gasteiger partial charge in [0.25, 0.3) is 0 Å². The average Bonchev–Trinajstić information content (AvgIpc) is 3.01. The average molecular weight is 374 g/mol. The van der Waals surface area contributed by atoms with Crippen molar-refractivity contribution in [3.8, 4) is 11.5 Å². The molecule has 0 atom stereocenters. The van der Waals surface area contributed by atoms with Gasteiger partial charge in [0.15, 0.2) is 17.5 Å². The molecule has 1 aromatic carbocycles. The van der Waals surface area contributed by atoms with E-state index in [1.165, 1.54) is 11.9 Å². The maximum atomic E-state index is 12.3. The summed E-state index contributed by atoms with van der Waals surface area (Å²) in [6.45, 7) is 3.08. The van der Waals surface area contributed by atoms with Crippen molar-refractivity contribution in [1.82, 2.24) is 15.5 Å². The Hall–Kier alpha value is -2.16. The zero-order valence-corrected chi connectivity index (χ0v) is 15.0. The number of nitrogens with zero attached hydrogens (tertiary/aromatic N) is 2. The zero-order chi connectivity index (χ0) is 19.0. The van der Waals surface area contributed by atoms with Gasteiger partial charge in [-0.3, -0.25) is 9.89 Å². The molecule has 26 heavy (non-hydrogen) atoms. The molecule has 0 saturated heterocycles. The molecule has 2 N–H and O–H groups in total. The fourth-order valence-corrected chi connectivity index (χ4v) is 2.48. The number of ether oxygens (including phenoxy) is 2. The van der Waals surface area contributed by atoms with Crippen LogP contribution in [0, 0.1) is 0 Å². The third kappa shape index (κ3) is 6.99. The van der Waals surface area contributed by atoms with Crippen LogP contribution in [-0.2, 0) is 6.42 Å². The van der Waals surface area contributed by atoms with E-state index in [1.54, 1.807) is 0 Å². The number of likely N-dealkylation sites (N-methyl/N-ethyl adjacent to an activating group) is 1. The van der Waals surface area contributed by atoms with E-state index in [9.17, 15) is 13.2 Å². The van der Waals surface area contributed by atoms with Crippen molar-refractivity contribution < 1.29 is 22.6 Å². The minimum Gasteiger partial charge on any atom is -0.454 e. The minimum atomic E-state index is -4.19. The van der Waals surface area contributed by atoms with Crippen molar-refractivity contribution in [2.75, 3.05) is 46.6 Å². The summed E-state index contributed by atoms with van der Waals surface area (Å²) in [6.07, 6.45) is -3.43. The Balaban J connectivity index is 1.76. The molecule has 1 aliphatic rings. The van der Waals surface area contributed by atoms with Crippen molar-refractivity contribution in [3.63, 3.8) is 0 Å². The summed E-state index contributed by atoms with van der Waals surface area (Å²) in [5, 5.41) is 6.27. The Morgan fingerprint density at radius 1 is 1.23 bits per heavy atom. The van der Waals surface area contributed by atoms with Crippen LogP contribution in [0.25, 0.3) is 0 Å². The highest BCUT2D eigenvalue weighted by Gasteiger charge is 2.28. The van der Waals surface area contributed by atoms with Crippen molar-refractivity contribution in [2.45, 2.75) is 19.5 Å². The second kappa shape index (κ2) is 9.51. The number of benzene rings is 1. The number of halogens is 3. The quantitative estimate of drug-likeness (QED) is 0.539. The maximum absolute atomic E-state index is 12.3. The van der Waals surface area contributed by atoms with Gasteiger partial charge in [-0.25, -0.2) is 0 Å². The number of nitrogens with one attached hydrogen (secondary N) is 2. The second-order valence-corrected chi connectivity index (χ2v) is 5.98. The molecule has 2 rings (SSSR count). The first kappa shape index (κ1) is 20.2. The number of rotatable bonds is 8. The molecular weight excluding hydrogens is 349 g/mol. The van der Waals surface area contributed by atoms with Crippen LogP contribution >= 0.6 is 0 Å². The molecule has 1 heterocycles. The second-order valence-electron chi connectivity index (χ2n) is 5.98. The predicted octanol–water partition coefficient (Wildman–Crippen LogP) is 2.01. The van der Waals surface area contributed by atoms with Crippen LogP contribution in [0.3, 0.4) is 0 Å². The molecule has 6 nitrogen and oxygen atoms in total. The minimum absolute atomic E-state index is 0.234. The number of hydrogen-bond acceptors (Lipinski definition) is 4. The Kier molecular flexibility index (Phi) is 7.38. The predicted molar refractivity (Wildman–Crippen MR) is 93.8 cm³/mol. The molecule has 9 heteroatoms. The molecule has 1 aromatic rings. The topological polar surface area (TPSA) is 58.1 Å². The lowest BCUT2D eigenvalue weighted by Gasteiger charge is -2.18. The number of fused-ring (bicyclic) bond motifs is 1. The van der Waals surface area contributed by atoms with Crippen molar-refractivity contribution in [3.05, 3.63) is 23.8 Å². The Labute approximate surface area is 151 Å². The molecule has 0 fully saturated rings. The molecule has 0 amide bonds. The van der Waals surface area contributed by atoms with Crippen LogP contribution in [-0.4, -0.2) is 63.6 Å². The molecule has 0 aliphatic carbocycles. The normalized spacial score (nSPS) is 14.0. The first-order valence-electron chi connectivity index (χ1n) is 8.53. The van der Waals surface area contributed by atoms with Crippen LogP contribution in [0.2, 0.25) is 0 Å². The summed E-state index contributed by atoms with van der Waals surface area (Å²) in [7, 11) is 1.43. The maximum Gasteiger partial charge on any atom is 0.401 e. The summed E-state index contributed by atoms with van der Waals surface area (Å²) >= 11 is 0. The Morgan fingerprint density at radius 2 is 2.00 bits per heavy atom. The summed E-state index contributed by atoms with van der Waals surface area (Å²) in [5.74, 6) is 2.09. The van der Waals surface area contributed by atoms with E-state index in [0.717, 1.165) is 23.5 Å². The highest BCUT2D eigenvalue weighted by Crippen LogP contribution is 2.32. The lowest BCUT2D eigenvalue weighted by molar-refractivity contribution is -0.142. The van der Waals surface area contributed by atoms with Gasteiger partial charge >= 0.3 is 6.18 Å². The number of hydrogen-bond donors (Lipinski definition) is 2. The molecule has 0 spiro atoms. The molecule has 1 aliphatic heterocycles.